The summed E-state index contributed by atoms with van der Waals surface area (Å²) >= 11 is 0. The zero-order valence-corrected chi connectivity index (χ0v) is 10.5. The number of para-hydroxylation sites is 1. The Morgan fingerprint density at radius 2 is 2.05 bits per heavy atom. The monoisotopic (exact) mass is 261 g/mol. The molecule has 6 heteroatoms. The molecule has 19 heavy (non-hydrogen) atoms. The molecule has 1 aromatic heterocycles. The molecular weight excluding hydrogens is 249 g/mol. The highest BCUT2D eigenvalue weighted by molar-refractivity contribution is 5.88. The molecule has 2 rings (SSSR count). The van der Waals surface area contributed by atoms with Crippen LogP contribution < -0.4 is 4.90 Å². The number of aromatic carboxylic acids is 1. The van der Waals surface area contributed by atoms with Crippen LogP contribution in [0.4, 0.5) is 16.0 Å². The normalized spacial score (nSPS) is 10.3. The quantitative estimate of drug-likeness (QED) is 0.918. The number of carboxylic acids is 1. The van der Waals surface area contributed by atoms with Crippen LogP contribution in [0.1, 0.15) is 16.1 Å². The van der Waals surface area contributed by atoms with Gasteiger partial charge in [-0.1, -0.05) is 12.1 Å². The zero-order valence-electron chi connectivity index (χ0n) is 10.5. The number of anilines is 2. The van der Waals surface area contributed by atoms with E-state index in [9.17, 15) is 9.18 Å². The van der Waals surface area contributed by atoms with Crippen molar-refractivity contribution in [2.45, 2.75) is 6.92 Å². The first-order chi connectivity index (χ1) is 9.00. The highest BCUT2D eigenvalue weighted by Crippen LogP contribution is 2.23. The van der Waals surface area contributed by atoms with Gasteiger partial charge in [-0.15, -0.1) is 0 Å². The Labute approximate surface area is 109 Å². The predicted octanol–water partition coefficient (Wildman–Crippen LogP) is 2.39. The SMILES string of the molecule is Cc1nc(N(C)c2ccccc2F)ncc1C(=O)O. The van der Waals surface area contributed by atoms with Gasteiger partial charge >= 0.3 is 5.97 Å². The summed E-state index contributed by atoms with van der Waals surface area (Å²) in [6.45, 7) is 1.57. The first-order valence-corrected chi connectivity index (χ1v) is 5.56. The summed E-state index contributed by atoms with van der Waals surface area (Å²) < 4.78 is 13.6. The van der Waals surface area contributed by atoms with Gasteiger partial charge in [-0.2, -0.15) is 0 Å². The fourth-order valence-electron chi connectivity index (χ4n) is 1.66. The number of hydrogen-bond acceptors (Lipinski definition) is 4. The second-order valence-corrected chi connectivity index (χ2v) is 3.98. The third-order valence-corrected chi connectivity index (χ3v) is 2.71. The molecule has 1 aromatic carbocycles. The molecular formula is C13H12FN3O2. The number of benzene rings is 1. The van der Waals surface area contributed by atoms with E-state index in [2.05, 4.69) is 9.97 Å². The van der Waals surface area contributed by atoms with Crippen molar-refractivity contribution in [1.29, 1.82) is 0 Å². The van der Waals surface area contributed by atoms with Crippen LogP contribution in [0.25, 0.3) is 0 Å². The van der Waals surface area contributed by atoms with Crippen molar-refractivity contribution in [3.8, 4) is 0 Å². The molecule has 0 aliphatic rings. The molecule has 1 heterocycles. The first kappa shape index (κ1) is 12.9. The first-order valence-electron chi connectivity index (χ1n) is 5.56. The molecule has 0 saturated heterocycles. The van der Waals surface area contributed by atoms with Crippen LogP contribution in [-0.4, -0.2) is 28.1 Å². The average Bonchev–Trinajstić information content (AvgIpc) is 2.38. The van der Waals surface area contributed by atoms with Crippen LogP contribution >= 0.6 is 0 Å². The lowest BCUT2D eigenvalue weighted by atomic mass is 10.2. The van der Waals surface area contributed by atoms with Crippen LogP contribution in [0.2, 0.25) is 0 Å². The van der Waals surface area contributed by atoms with Crippen molar-refractivity contribution in [2.75, 3.05) is 11.9 Å². The van der Waals surface area contributed by atoms with Crippen molar-refractivity contribution in [1.82, 2.24) is 9.97 Å². The van der Waals surface area contributed by atoms with Gasteiger partial charge in [0.05, 0.1) is 16.9 Å². The third-order valence-electron chi connectivity index (χ3n) is 2.71. The Morgan fingerprint density at radius 1 is 1.37 bits per heavy atom. The molecule has 98 valence electrons. The van der Waals surface area contributed by atoms with Crippen LogP contribution in [-0.2, 0) is 0 Å². The Kier molecular flexibility index (Phi) is 3.41. The Morgan fingerprint density at radius 3 is 2.63 bits per heavy atom. The standard InChI is InChI=1S/C13H12FN3O2/c1-8-9(12(18)19)7-15-13(16-8)17(2)11-6-4-3-5-10(11)14/h3-7H,1-2H3,(H,18,19). The number of rotatable bonds is 3. The molecule has 5 nitrogen and oxygen atoms in total. The fourth-order valence-corrected chi connectivity index (χ4v) is 1.66. The molecule has 0 fully saturated rings. The maximum Gasteiger partial charge on any atom is 0.339 e. The van der Waals surface area contributed by atoms with Crippen LogP contribution in [0, 0.1) is 12.7 Å². The summed E-state index contributed by atoms with van der Waals surface area (Å²) in [4.78, 5) is 20.4. The Hall–Kier alpha value is -2.50. The number of halogens is 1. The van der Waals surface area contributed by atoms with Gasteiger partial charge < -0.3 is 10.0 Å². The summed E-state index contributed by atoms with van der Waals surface area (Å²) in [6, 6.07) is 6.23. The fraction of sp³-hybridized carbons (Fsp3) is 0.154. The maximum atomic E-state index is 13.6. The second-order valence-electron chi connectivity index (χ2n) is 3.98. The van der Waals surface area contributed by atoms with E-state index < -0.39 is 11.8 Å². The van der Waals surface area contributed by atoms with Crippen LogP contribution in [0.5, 0.6) is 0 Å². The van der Waals surface area contributed by atoms with Gasteiger partial charge in [-0.3, -0.25) is 0 Å². The van der Waals surface area contributed by atoms with Crippen LogP contribution in [0.15, 0.2) is 30.5 Å². The number of nitrogens with zero attached hydrogens (tertiary/aromatic N) is 3. The molecule has 0 saturated carbocycles. The van der Waals surface area contributed by atoms with E-state index in [-0.39, 0.29) is 11.5 Å². The van der Waals surface area contributed by atoms with Gasteiger partial charge in [0.25, 0.3) is 0 Å². The lowest BCUT2D eigenvalue weighted by molar-refractivity contribution is 0.0695. The zero-order chi connectivity index (χ0) is 14.0. The van der Waals surface area contributed by atoms with Crippen molar-refractivity contribution in [3.63, 3.8) is 0 Å². The van der Waals surface area contributed by atoms with Gasteiger partial charge in [0.2, 0.25) is 5.95 Å². The van der Waals surface area contributed by atoms with Crippen molar-refractivity contribution in [2.24, 2.45) is 0 Å². The molecule has 0 radical (unpaired) electrons. The number of aryl methyl sites for hydroxylation is 1. The Balaban J connectivity index is 2.40. The van der Waals surface area contributed by atoms with Crippen molar-refractivity contribution in [3.05, 3.63) is 47.5 Å². The number of carbonyl (C=O) groups is 1. The predicted molar refractivity (Wildman–Crippen MR) is 68.2 cm³/mol. The molecule has 0 spiro atoms. The second kappa shape index (κ2) is 5.01. The summed E-state index contributed by atoms with van der Waals surface area (Å²) in [6.07, 6.45) is 1.22. The molecule has 1 N–H and O–H groups in total. The van der Waals surface area contributed by atoms with E-state index in [0.29, 0.717) is 11.4 Å². The summed E-state index contributed by atoms with van der Waals surface area (Å²) in [7, 11) is 1.62. The van der Waals surface area contributed by atoms with Gasteiger partial charge in [0, 0.05) is 13.2 Å². The number of carboxylic acid groups (broad SMARTS) is 1. The van der Waals surface area contributed by atoms with Gasteiger partial charge in [-0.05, 0) is 19.1 Å². The minimum absolute atomic E-state index is 0.0330. The number of aromatic nitrogens is 2. The third kappa shape index (κ3) is 2.52. The van der Waals surface area contributed by atoms with Crippen molar-refractivity contribution >= 4 is 17.6 Å². The van der Waals surface area contributed by atoms with E-state index in [0.717, 1.165) is 0 Å². The van der Waals surface area contributed by atoms with E-state index in [1.807, 2.05) is 0 Å². The molecule has 0 unspecified atom stereocenters. The van der Waals surface area contributed by atoms with E-state index in [1.54, 1.807) is 32.2 Å². The lowest BCUT2D eigenvalue weighted by Gasteiger charge is -2.18. The molecule has 0 amide bonds. The summed E-state index contributed by atoms with van der Waals surface area (Å²) in [5.41, 5.74) is 0.691. The molecule has 0 aliphatic carbocycles. The number of hydrogen-bond donors (Lipinski definition) is 1. The largest absolute Gasteiger partial charge is 0.478 e. The topological polar surface area (TPSA) is 66.3 Å². The van der Waals surface area contributed by atoms with E-state index >= 15 is 0 Å². The smallest absolute Gasteiger partial charge is 0.339 e. The highest BCUT2D eigenvalue weighted by atomic mass is 19.1. The van der Waals surface area contributed by atoms with Crippen LogP contribution in [0.3, 0.4) is 0 Å². The van der Waals surface area contributed by atoms with Crippen molar-refractivity contribution < 1.29 is 14.3 Å². The molecule has 0 aliphatic heterocycles. The van der Waals surface area contributed by atoms with E-state index in [4.69, 9.17) is 5.11 Å². The Bertz CT molecular complexity index is 631. The minimum Gasteiger partial charge on any atom is -0.478 e. The van der Waals surface area contributed by atoms with E-state index in [1.165, 1.54) is 17.2 Å². The maximum absolute atomic E-state index is 13.6. The minimum atomic E-state index is -1.09. The average molecular weight is 261 g/mol. The lowest BCUT2D eigenvalue weighted by Crippen LogP contribution is -2.16. The summed E-state index contributed by atoms with van der Waals surface area (Å²) in [5.74, 6) is -1.24. The highest BCUT2D eigenvalue weighted by Gasteiger charge is 2.15. The van der Waals surface area contributed by atoms with Gasteiger partial charge in [-0.25, -0.2) is 19.2 Å². The van der Waals surface area contributed by atoms with Gasteiger partial charge in [0.15, 0.2) is 0 Å². The molecule has 0 atom stereocenters. The van der Waals surface area contributed by atoms with Gasteiger partial charge in [0.1, 0.15) is 5.82 Å². The molecule has 2 aromatic rings. The molecule has 0 bridgehead atoms. The summed E-state index contributed by atoms with van der Waals surface area (Å²) in [5, 5.41) is 8.90.